The van der Waals surface area contributed by atoms with Crippen LogP contribution in [0, 0.1) is 0 Å². The Hall–Kier alpha value is -2.63. The van der Waals surface area contributed by atoms with Crippen molar-refractivity contribution in [2.45, 2.75) is 31.8 Å². The minimum Gasteiger partial charge on any atom is -0.334 e. The molecular weight excluding hydrogens is 302 g/mol. The van der Waals surface area contributed by atoms with Crippen molar-refractivity contribution in [1.82, 2.24) is 24.2 Å². The molecule has 4 rings (SSSR count). The summed E-state index contributed by atoms with van der Waals surface area (Å²) in [5.41, 5.74) is 3.03. The summed E-state index contributed by atoms with van der Waals surface area (Å²) < 4.78 is 3.76. The Morgan fingerprint density at radius 2 is 2.17 bits per heavy atom. The van der Waals surface area contributed by atoms with Gasteiger partial charge in [0.15, 0.2) is 0 Å². The number of benzene rings is 1. The molecule has 0 aliphatic carbocycles. The van der Waals surface area contributed by atoms with Crippen molar-refractivity contribution in [3.63, 3.8) is 0 Å². The molecule has 0 spiro atoms. The highest BCUT2D eigenvalue weighted by atomic mass is 16.2. The molecular formula is C18H21N5O. The molecule has 6 heteroatoms. The summed E-state index contributed by atoms with van der Waals surface area (Å²) in [4.78, 5) is 19.5. The van der Waals surface area contributed by atoms with Gasteiger partial charge in [-0.05, 0) is 31.9 Å². The average molecular weight is 323 g/mol. The molecule has 0 radical (unpaired) electrons. The van der Waals surface area contributed by atoms with Gasteiger partial charge in [-0.3, -0.25) is 9.48 Å². The first kappa shape index (κ1) is 14.9. The van der Waals surface area contributed by atoms with E-state index in [0.717, 1.165) is 36.0 Å². The zero-order valence-corrected chi connectivity index (χ0v) is 14.0. The quantitative estimate of drug-likeness (QED) is 0.744. The van der Waals surface area contributed by atoms with E-state index in [1.54, 1.807) is 11.0 Å². The highest BCUT2D eigenvalue weighted by molar-refractivity contribution is 5.84. The lowest BCUT2D eigenvalue weighted by atomic mass is 10.1. The third kappa shape index (κ3) is 2.38. The molecule has 1 aliphatic rings. The second-order valence-electron chi connectivity index (χ2n) is 6.45. The Bertz CT molecular complexity index is 880. The predicted octanol–water partition coefficient (Wildman–Crippen LogP) is 2.69. The van der Waals surface area contributed by atoms with Crippen LogP contribution in [0.3, 0.4) is 0 Å². The summed E-state index contributed by atoms with van der Waals surface area (Å²) in [7, 11) is 1.91. The van der Waals surface area contributed by atoms with E-state index < -0.39 is 0 Å². The van der Waals surface area contributed by atoms with Gasteiger partial charge in [-0.2, -0.15) is 5.10 Å². The van der Waals surface area contributed by atoms with Gasteiger partial charge in [-0.25, -0.2) is 4.98 Å². The van der Waals surface area contributed by atoms with E-state index in [1.807, 2.05) is 60.1 Å². The number of para-hydroxylation sites is 2. The van der Waals surface area contributed by atoms with Gasteiger partial charge in [0, 0.05) is 25.4 Å². The minimum atomic E-state index is -0.269. The van der Waals surface area contributed by atoms with Crippen LogP contribution in [-0.2, 0) is 11.8 Å². The number of imidazole rings is 1. The summed E-state index contributed by atoms with van der Waals surface area (Å²) in [6.07, 6.45) is 7.67. The third-order valence-electron chi connectivity index (χ3n) is 4.90. The topological polar surface area (TPSA) is 56.0 Å². The molecule has 1 fully saturated rings. The van der Waals surface area contributed by atoms with Crippen LogP contribution in [0.5, 0.6) is 0 Å². The van der Waals surface area contributed by atoms with E-state index >= 15 is 0 Å². The number of rotatable bonds is 3. The molecule has 1 saturated heterocycles. The van der Waals surface area contributed by atoms with Crippen molar-refractivity contribution in [1.29, 1.82) is 0 Å². The van der Waals surface area contributed by atoms with Crippen molar-refractivity contribution in [2.24, 2.45) is 7.05 Å². The van der Waals surface area contributed by atoms with Crippen molar-refractivity contribution in [3.05, 3.63) is 48.5 Å². The number of aromatic nitrogens is 4. The summed E-state index contributed by atoms with van der Waals surface area (Å²) in [6, 6.07) is 7.78. The number of hydrogen-bond donors (Lipinski definition) is 0. The summed E-state index contributed by atoms with van der Waals surface area (Å²) >= 11 is 0. The zero-order chi connectivity index (χ0) is 16.7. The lowest BCUT2D eigenvalue weighted by Crippen LogP contribution is -2.35. The predicted molar refractivity (Wildman–Crippen MR) is 91.3 cm³/mol. The first-order valence-corrected chi connectivity index (χ1v) is 8.36. The van der Waals surface area contributed by atoms with Gasteiger partial charge in [-0.1, -0.05) is 12.1 Å². The zero-order valence-electron chi connectivity index (χ0n) is 14.0. The fourth-order valence-electron chi connectivity index (χ4n) is 3.64. The average Bonchev–Trinajstić information content (AvgIpc) is 3.31. The second kappa shape index (κ2) is 5.78. The Kier molecular flexibility index (Phi) is 3.59. The van der Waals surface area contributed by atoms with Crippen LogP contribution >= 0.6 is 0 Å². The van der Waals surface area contributed by atoms with Gasteiger partial charge in [0.2, 0.25) is 5.91 Å². The molecule has 2 aromatic heterocycles. The number of carbonyl (C=O) groups is 1. The molecule has 24 heavy (non-hydrogen) atoms. The van der Waals surface area contributed by atoms with Gasteiger partial charge in [0.1, 0.15) is 6.04 Å². The fourth-order valence-corrected chi connectivity index (χ4v) is 3.64. The van der Waals surface area contributed by atoms with Gasteiger partial charge < -0.3 is 9.47 Å². The van der Waals surface area contributed by atoms with Crippen LogP contribution in [0.2, 0.25) is 0 Å². The molecule has 1 aliphatic heterocycles. The van der Waals surface area contributed by atoms with E-state index in [2.05, 4.69) is 10.1 Å². The number of likely N-dealkylation sites (tertiary alicyclic amines) is 1. The number of fused-ring (bicyclic) bond motifs is 1. The van der Waals surface area contributed by atoms with Crippen LogP contribution in [0.1, 0.15) is 37.4 Å². The number of aryl methyl sites for hydroxylation is 1. The molecule has 3 aromatic rings. The smallest absolute Gasteiger partial charge is 0.245 e. The first-order chi connectivity index (χ1) is 11.6. The number of nitrogens with zero attached hydrogens (tertiary/aromatic N) is 5. The third-order valence-corrected chi connectivity index (χ3v) is 4.90. The lowest BCUT2D eigenvalue weighted by Gasteiger charge is -2.27. The van der Waals surface area contributed by atoms with Crippen molar-refractivity contribution < 1.29 is 4.79 Å². The standard InChI is InChI=1S/C18H21N5O/c1-13(23-12-19-15-6-3-4-7-17(15)23)18(24)22-9-5-8-16(22)14-10-20-21(2)11-14/h3-4,6-7,10-13,16H,5,8-9H2,1-2H3/t13-,16+/m0/s1. The molecule has 1 amide bonds. The normalized spacial score (nSPS) is 19.1. The van der Waals surface area contributed by atoms with E-state index in [0.29, 0.717) is 0 Å². The van der Waals surface area contributed by atoms with Crippen LogP contribution in [-0.4, -0.2) is 36.7 Å². The molecule has 3 heterocycles. The highest BCUT2D eigenvalue weighted by Crippen LogP contribution is 2.33. The number of amides is 1. The Balaban J connectivity index is 1.62. The maximum Gasteiger partial charge on any atom is 0.245 e. The number of carbonyl (C=O) groups excluding carboxylic acids is 1. The lowest BCUT2D eigenvalue weighted by molar-refractivity contribution is -0.135. The van der Waals surface area contributed by atoms with Gasteiger partial charge in [0.05, 0.1) is 29.6 Å². The molecule has 6 nitrogen and oxygen atoms in total. The fraction of sp³-hybridized carbons (Fsp3) is 0.389. The molecule has 0 N–H and O–H groups in total. The Labute approximate surface area is 140 Å². The van der Waals surface area contributed by atoms with Crippen LogP contribution in [0.4, 0.5) is 0 Å². The SMILES string of the molecule is C[C@@H](C(=O)N1CCC[C@@H]1c1cnn(C)c1)n1cnc2ccccc21. The molecule has 124 valence electrons. The van der Waals surface area contributed by atoms with E-state index in [1.165, 1.54) is 0 Å². The van der Waals surface area contributed by atoms with Gasteiger partial charge in [0.25, 0.3) is 0 Å². The maximum absolute atomic E-state index is 13.1. The first-order valence-electron chi connectivity index (χ1n) is 8.36. The Morgan fingerprint density at radius 3 is 2.96 bits per heavy atom. The Morgan fingerprint density at radius 1 is 1.33 bits per heavy atom. The summed E-state index contributed by atoms with van der Waals surface area (Å²) in [5.74, 6) is 0.143. The van der Waals surface area contributed by atoms with Crippen LogP contribution in [0.25, 0.3) is 11.0 Å². The molecule has 0 unspecified atom stereocenters. The van der Waals surface area contributed by atoms with E-state index in [4.69, 9.17) is 0 Å². The van der Waals surface area contributed by atoms with Gasteiger partial charge in [-0.15, -0.1) is 0 Å². The monoisotopic (exact) mass is 323 g/mol. The minimum absolute atomic E-state index is 0.128. The van der Waals surface area contributed by atoms with Crippen LogP contribution < -0.4 is 0 Å². The van der Waals surface area contributed by atoms with Crippen molar-refractivity contribution in [2.75, 3.05) is 6.54 Å². The van der Waals surface area contributed by atoms with E-state index in [-0.39, 0.29) is 18.0 Å². The summed E-state index contributed by atoms with van der Waals surface area (Å²) in [6.45, 7) is 2.75. The summed E-state index contributed by atoms with van der Waals surface area (Å²) in [5, 5.41) is 4.25. The maximum atomic E-state index is 13.1. The number of hydrogen-bond acceptors (Lipinski definition) is 3. The van der Waals surface area contributed by atoms with Crippen molar-refractivity contribution >= 4 is 16.9 Å². The molecule has 1 aromatic carbocycles. The molecule has 2 atom stereocenters. The van der Waals surface area contributed by atoms with Crippen molar-refractivity contribution in [3.8, 4) is 0 Å². The molecule has 0 bridgehead atoms. The van der Waals surface area contributed by atoms with E-state index in [9.17, 15) is 4.79 Å². The molecule has 0 saturated carbocycles. The highest BCUT2D eigenvalue weighted by Gasteiger charge is 2.33. The van der Waals surface area contributed by atoms with Gasteiger partial charge >= 0.3 is 0 Å². The van der Waals surface area contributed by atoms with Crippen LogP contribution in [0.15, 0.2) is 43.0 Å². The largest absolute Gasteiger partial charge is 0.334 e. The second-order valence-corrected chi connectivity index (χ2v) is 6.45.